The van der Waals surface area contributed by atoms with E-state index in [2.05, 4.69) is 15.3 Å². The first-order chi connectivity index (χ1) is 15.4. The van der Waals surface area contributed by atoms with Crippen LogP contribution in [0.3, 0.4) is 0 Å². The fraction of sp³-hybridized carbons (Fsp3) is 0.0870. The van der Waals surface area contributed by atoms with Crippen LogP contribution in [0.15, 0.2) is 72.9 Å². The van der Waals surface area contributed by atoms with Crippen LogP contribution in [0.2, 0.25) is 0 Å². The topological polar surface area (TPSA) is 147 Å². The van der Waals surface area contributed by atoms with Crippen LogP contribution in [0.5, 0.6) is 0 Å². The number of amides is 1. The zero-order valence-corrected chi connectivity index (χ0v) is 16.9. The number of aromatic nitrogens is 3. The Balaban J connectivity index is 1.56. The summed E-state index contributed by atoms with van der Waals surface area (Å²) in [6.45, 7) is 0. The fourth-order valence-electron chi connectivity index (χ4n) is 3.39. The highest BCUT2D eigenvalue weighted by Crippen LogP contribution is 2.23. The number of imidazole rings is 1. The number of nitrogens with zero attached hydrogens (tertiary/aromatic N) is 3. The van der Waals surface area contributed by atoms with Crippen LogP contribution < -0.4 is 11.1 Å². The minimum absolute atomic E-state index is 0.163. The van der Waals surface area contributed by atoms with Crippen molar-refractivity contribution in [3.8, 4) is 11.5 Å². The van der Waals surface area contributed by atoms with Gasteiger partial charge >= 0.3 is 5.97 Å². The van der Waals surface area contributed by atoms with Crippen molar-refractivity contribution in [1.29, 1.82) is 5.41 Å². The molecule has 0 saturated carbocycles. The number of carbonyl (C=O) groups is 2. The number of benzene rings is 2. The number of fused-ring (bicyclic) bond motifs is 1. The van der Waals surface area contributed by atoms with Gasteiger partial charge in [-0.05, 0) is 29.8 Å². The number of carbonyl (C=O) groups excluding carboxylic acids is 1. The van der Waals surface area contributed by atoms with Crippen LogP contribution in [0.1, 0.15) is 15.9 Å². The lowest BCUT2D eigenvalue weighted by atomic mass is 10.1. The van der Waals surface area contributed by atoms with Crippen LogP contribution in [0, 0.1) is 5.41 Å². The van der Waals surface area contributed by atoms with Gasteiger partial charge < -0.3 is 16.2 Å². The number of para-hydroxylation sites is 2. The molecule has 2 aromatic heterocycles. The van der Waals surface area contributed by atoms with Crippen LogP contribution in [0.25, 0.3) is 22.6 Å². The second-order valence-electron chi connectivity index (χ2n) is 7.13. The molecule has 9 heteroatoms. The molecule has 1 atom stereocenters. The molecule has 9 nitrogen and oxygen atoms in total. The Morgan fingerprint density at radius 2 is 1.78 bits per heavy atom. The fourth-order valence-corrected chi connectivity index (χ4v) is 3.39. The van der Waals surface area contributed by atoms with Crippen molar-refractivity contribution in [2.24, 2.45) is 5.73 Å². The first-order valence-corrected chi connectivity index (χ1v) is 9.80. The van der Waals surface area contributed by atoms with E-state index in [1.807, 2.05) is 30.3 Å². The molecule has 0 aliphatic heterocycles. The molecule has 0 bridgehead atoms. The van der Waals surface area contributed by atoms with Crippen molar-refractivity contribution < 1.29 is 14.7 Å². The standard InChI is InChI=1S/C23H20N6O3/c24-23(25)29-19-9-5-4-8-16(19)27-20(29)17-11-10-15(13-26-17)21(30)28-18(22(31)32)12-14-6-2-1-3-7-14/h1-11,13,18H,12H2,(H3,24,25)(H,28,30)(H,31,32)/t18-/m0/s1. The number of nitrogens with two attached hydrogens (primary N) is 1. The van der Waals surface area contributed by atoms with Gasteiger partial charge in [0.05, 0.1) is 16.6 Å². The van der Waals surface area contributed by atoms with Crippen molar-refractivity contribution in [3.63, 3.8) is 0 Å². The van der Waals surface area contributed by atoms with Gasteiger partial charge in [-0.15, -0.1) is 0 Å². The van der Waals surface area contributed by atoms with Crippen LogP contribution in [-0.2, 0) is 11.2 Å². The predicted octanol–water partition coefficient (Wildman–Crippen LogP) is 2.27. The Morgan fingerprint density at radius 3 is 2.44 bits per heavy atom. The summed E-state index contributed by atoms with van der Waals surface area (Å²) in [6, 6.07) is 18.4. The molecule has 4 aromatic rings. The number of pyridine rings is 1. The van der Waals surface area contributed by atoms with Gasteiger partial charge in [0.15, 0.2) is 11.8 Å². The number of hydrogen-bond acceptors (Lipinski definition) is 5. The number of nitrogen functional groups attached to an aromatic ring is 1. The van der Waals surface area contributed by atoms with E-state index in [4.69, 9.17) is 11.1 Å². The van der Waals surface area contributed by atoms with E-state index in [1.54, 1.807) is 30.3 Å². The SMILES string of the molecule is N=C(N)n1c(-c2ccc(C(=O)N[C@@H](Cc3ccccc3)C(=O)O)cn2)nc2ccccc21. The Bertz CT molecular complexity index is 1300. The molecular formula is C23H20N6O3. The maximum Gasteiger partial charge on any atom is 0.326 e. The highest BCUT2D eigenvalue weighted by atomic mass is 16.4. The lowest BCUT2D eigenvalue weighted by molar-refractivity contribution is -0.139. The molecule has 0 saturated heterocycles. The second-order valence-corrected chi connectivity index (χ2v) is 7.13. The molecule has 2 aromatic carbocycles. The van der Waals surface area contributed by atoms with Crippen molar-refractivity contribution in [2.45, 2.75) is 12.5 Å². The van der Waals surface area contributed by atoms with E-state index in [0.717, 1.165) is 5.56 Å². The molecule has 160 valence electrons. The van der Waals surface area contributed by atoms with Gasteiger partial charge in [0.2, 0.25) is 0 Å². The summed E-state index contributed by atoms with van der Waals surface area (Å²) < 4.78 is 1.47. The molecule has 0 aliphatic rings. The number of carboxylic acids is 1. The van der Waals surface area contributed by atoms with Gasteiger partial charge in [0.1, 0.15) is 11.7 Å². The molecule has 0 spiro atoms. The summed E-state index contributed by atoms with van der Waals surface area (Å²) in [6.07, 6.45) is 1.51. The van der Waals surface area contributed by atoms with E-state index < -0.39 is 17.9 Å². The van der Waals surface area contributed by atoms with Gasteiger partial charge in [-0.25, -0.2) is 9.78 Å². The number of nitrogens with one attached hydrogen (secondary N) is 2. The lowest BCUT2D eigenvalue weighted by Crippen LogP contribution is -2.42. The van der Waals surface area contributed by atoms with Crippen molar-refractivity contribution in [3.05, 3.63) is 84.1 Å². The number of carboxylic acid groups (broad SMARTS) is 1. The summed E-state index contributed by atoms with van der Waals surface area (Å²) >= 11 is 0. The molecule has 4 rings (SSSR count). The zero-order valence-electron chi connectivity index (χ0n) is 16.9. The molecule has 0 aliphatic carbocycles. The third kappa shape index (κ3) is 4.17. The Hall–Kier alpha value is -4.53. The van der Waals surface area contributed by atoms with E-state index in [9.17, 15) is 14.7 Å². The molecular weight excluding hydrogens is 408 g/mol. The average Bonchev–Trinajstić information content (AvgIpc) is 3.19. The van der Waals surface area contributed by atoms with Gasteiger partial charge in [-0.3, -0.25) is 19.8 Å². The predicted molar refractivity (Wildman–Crippen MR) is 119 cm³/mol. The van der Waals surface area contributed by atoms with E-state index in [-0.39, 0.29) is 17.9 Å². The zero-order chi connectivity index (χ0) is 22.7. The van der Waals surface area contributed by atoms with Crippen LogP contribution in [-0.4, -0.2) is 43.5 Å². The number of hydrogen-bond donors (Lipinski definition) is 4. The maximum atomic E-state index is 12.6. The quantitative estimate of drug-likeness (QED) is 0.274. The summed E-state index contributed by atoms with van der Waals surface area (Å²) in [5.41, 5.74) is 8.51. The van der Waals surface area contributed by atoms with Gasteiger partial charge in [-0.1, -0.05) is 42.5 Å². The number of aliphatic carboxylic acids is 1. The Morgan fingerprint density at radius 1 is 1.06 bits per heavy atom. The largest absolute Gasteiger partial charge is 0.480 e. The van der Waals surface area contributed by atoms with Crippen molar-refractivity contribution in [1.82, 2.24) is 19.9 Å². The minimum Gasteiger partial charge on any atom is -0.480 e. The molecule has 2 heterocycles. The van der Waals surface area contributed by atoms with Gasteiger partial charge in [0, 0.05) is 12.6 Å². The average molecular weight is 428 g/mol. The summed E-state index contributed by atoms with van der Waals surface area (Å²) in [7, 11) is 0. The van der Waals surface area contributed by atoms with Gasteiger partial charge in [-0.2, -0.15) is 0 Å². The second kappa shape index (κ2) is 8.68. The normalized spacial score (nSPS) is 11.8. The molecule has 1 amide bonds. The molecule has 0 unspecified atom stereocenters. The van der Waals surface area contributed by atoms with Crippen molar-refractivity contribution in [2.75, 3.05) is 0 Å². The Kier molecular flexibility index (Phi) is 5.63. The van der Waals surface area contributed by atoms with E-state index in [0.29, 0.717) is 22.6 Å². The van der Waals surface area contributed by atoms with Crippen LogP contribution >= 0.6 is 0 Å². The third-order valence-corrected chi connectivity index (χ3v) is 4.94. The van der Waals surface area contributed by atoms with E-state index in [1.165, 1.54) is 16.8 Å². The maximum absolute atomic E-state index is 12.6. The third-order valence-electron chi connectivity index (χ3n) is 4.94. The molecule has 0 radical (unpaired) electrons. The molecule has 5 N–H and O–H groups in total. The first kappa shape index (κ1) is 20.7. The number of rotatable bonds is 6. The lowest BCUT2D eigenvalue weighted by Gasteiger charge is -2.14. The summed E-state index contributed by atoms with van der Waals surface area (Å²) in [5.74, 6) is -1.50. The highest BCUT2D eigenvalue weighted by molar-refractivity contribution is 5.97. The Labute approximate surface area is 183 Å². The molecule has 32 heavy (non-hydrogen) atoms. The summed E-state index contributed by atoms with van der Waals surface area (Å²) in [5, 5.41) is 19.9. The summed E-state index contributed by atoms with van der Waals surface area (Å²) in [4.78, 5) is 33.0. The van der Waals surface area contributed by atoms with Crippen molar-refractivity contribution >= 4 is 28.9 Å². The van der Waals surface area contributed by atoms with Gasteiger partial charge in [0.25, 0.3) is 5.91 Å². The highest BCUT2D eigenvalue weighted by Gasteiger charge is 2.22. The van der Waals surface area contributed by atoms with E-state index >= 15 is 0 Å². The minimum atomic E-state index is -1.12. The monoisotopic (exact) mass is 428 g/mol. The first-order valence-electron chi connectivity index (χ1n) is 9.80. The molecule has 0 fully saturated rings. The smallest absolute Gasteiger partial charge is 0.326 e. The van der Waals surface area contributed by atoms with Crippen LogP contribution in [0.4, 0.5) is 0 Å².